The van der Waals surface area contributed by atoms with Crippen molar-refractivity contribution in [1.82, 2.24) is 4.90 Å². The molecule has 0 aliphatic carbocycles. The Balaban J connectivity index is 4.27. The van der Waals surface area contributed by atoms with E-state index >= 15 is 0 Å². The molecule has 4 heteroatoms. The molecule has 0 aromatic heterocycles. The minimum absolute atomic E-state index is 0.194. The lowest BCUT2D eigenvalue weighted by atomic mass is 10.3. The zero-order valence-corrected chi connectivity index (χ0v) is 9.12. The summed E-state index contributed by atoms with van der Waals surface area (Å²) in [6, 6.07) is 0. The predicted octanol–water partition coefficient (Wildman–Crippen LogP) is 0.766. The van der Waals surface area contributed by atoms with Crippen molar-refractivity contribution in [2.75, 3.05) is 19.7 Å². The highest BCUT2D eigenvalue weighted by Gasteiger charge is 2.19. The number of likely N-dealkylation sites (N-methyl/N-ethyl adjacent to an activating group) is 1. The molecule has 82 valence electrons. The van der Waals surface area contributed by atoms with E-state index in [4.69, 9.17) is 9.84 Å². The number of hydrogen-bond acceptors (Lipinski definition) is 4. The summed E-state index contributed by atoms with van der Waals surface area (Å²) >= 11 is 0. The summed E-state index contributed by atoms with van der Waals surface area (Å²) in [5.74, 6) is -0.462. The lowest BCUT2D eigenvalue weighted by molar-refractivity contribution is -0.158. The number of hydrogen-bond donors (Lipinski definition) is 1. The van der Waals surface area contributed by atoms with Crippen molar-refractivity contribution < 1.29 is 14.6 Å². The highest BCUT2D eigenvalue weighted by Crippen LogP contribution is 2.03. The van der Waals surface area contributed by atoms with Gasteiger partial charge in [-0.3, -0.25) is 4.90 Å². The Bertz CT molecular complexity index is 200. The molecule has 0 aromatic carbocycles. The molecule has 14 heavy (non-hydrogen) atoms. The van der Waals surface area contributed by atoms with E-state index in [-0.39, 0.29) is 6.61 Å². The van der Waals surface area contributed by atoms with Crippen LogP contribution in [0.15, 0.2) is 12.2 Å². The van der Waals surface area contributed by atoms with E-state index in [1.54, 1.807) is 6.92 Å². The van der Waals surface area contributed by atoms with Gasteiger partial charge in [-0.05, 0) is 20.0 Å². The summed E-state index contributed by atoms with van der Waals surface area (Å²) in [5.41, 5.74) is 0.343. The average Bonchev–Trinajstić information content (AvgIpc) is 2.17. The second-order valence-corrected chi connectivity index (χ2v) is 3.04. The second-order valence-electron chi connectivity index (χ2n) is 3.04. The van der Waals surface area contributed by atoms with E-state index < -0.39 is 12.2 Å². The summed E-state index contributed by atoms with van der Waals surface area (Å²) in [4.78, 5) is 13.1. The molecule has 0 aromatic rings. The molecule has 0 aliphatic rings. The molecule has 0 bridgehead atoms. The fraction of sp³-hybridized carbons (Fsp3) is 0.700. The van der Waals surface area contributed by atoms with Gasteiger partial charge in [0.15, 0.2) is 6.23 Å². The number of esters is 1. The van der Waals surface area contributed by atoms with E-state index in [1.165, 1.54) is 0 Å². The maximum Gasteiger partial charge on any atom is 0.334 e. The maximum absolute atomic E-state index is 11.2. The molecule has 0 aliphatic heterocycles. The summed E-state index contributed by atoms with van der Waals surface area (Å²) < 4.78 is 5.04. The standard InChI is InChI=1S/C10H19NO3/c1-5-11(6-2)9(7-12)14-10(13)8(3)4/h9,12H,3,5-7H2,1-2,4H3. The van der Waals surface area contributed by atoms with Crippen molar-refractivity contribution >= 4 is 5.97 Å². The molecule has 0 heterocycles. The number of aliphatic hydroxyl groups excluding tert-OH is 1. The molecular weight excluding hydrogens is 182 g/mol. The third kappa shape index (κ3) is 3.89. The highest BCUT2D eigenvalue weighted by molar-refractivity contribution is 5.87. The number of aliphatic hydroxyl groups is 1. The van der Waals surface area contributed by atoms with Crippen molar-refractivity contribution in [3.05, 3.63) is 12.2 Å². The van der Waals surface area contributed by atoms with Crippen LogP contribution in [0.4, 0.5) is 0 Å². The molecule has 0 radical (unpaired) electrons. The van der Waals surface area contributed by atoms with Gasteiger partial charge < -0.3 is 9.84 Å². The SMILES string of the molecule is C=C(C)C(=O)OC(CO)N(CC)CC. The van der Waals surface area contributed by atoms with Crippen LogP contribution in [-0.4, -0.2) is 41.9 Å². The average molecular weight is 201 g/mol. The van der Waals surface area contributed by atoms with Crippen molar-refractivity contribution in [3.8, 4) is 0 Å². The highest BCUT2D eigenvalue weighted by atomic mass is 16.6. The second kappa shape index (κ2) is 6.56. The molecule has 0 fully saturated rings. The molecular formula is C10H19NO3. The summed E-state index contributed by atoms with van der Waals surface area (Å²) in [5, 5.41) is 9.04. The zero-order valence-electron chi connectivity index (χ0n) is 9.12. The van der Waals surface area contributed by atoms with Gasteiger partial charge in [0, 0.05) is 5.57 Å². The molecule has 4 nitrogen and oxygen atoms in total. The van der Waals surface area contributed by atoms with Crippen LogP contribution in [0, 0.1) is 0 Å². The van der Waals surface area contributed by atoms with Gasteiger partial charge in [0.25, 0.3) is 0 Å². The van der Waals surface area contributed by atoms with Gasteiger partial charge in [0.2, 0.25) is 0 Å². The molecule has 1 unspecified atom stereocenters. The van der Waals surface area contributed by atoms with Gasteiger partial charge in [-0.2, -0.15) is 0 Å². The van der Waals surface area contributed by atoms with Crippen LogP contribution in [0.5, 0.6) is 0 Å². The Morgan fingerprint density at radius 2 is 2.00 bits per heavy atom. The lowest BCUT2D eigenvalue weighted by Crippen LogP contribution is -2.41. The normalized spacial score (nSPS) is 12.6. The summed E-state index contributed by atoms with van der Waals surface area (Å²) in [7, 11) is 0. The van der Waals surface area contributed by atoms with Crippen LogP contribution in [0.3, 0.4) is 0 Å². The fourth-order valence-corrected chi connectivity index (χ4v) is 1.08. The largest absolute Gasteiger partial charge is 0.440 e. The fourth-order valence-electron chi connectivity index (χ4n) is 1.08. The van der Waals surface area contributed by atoms with Crippen LogP contribution in [0.2, 0.25) is 0 Å². The van der Waals surface area contributed by atoms with Crippen LogP contribution >= 0.6 is 0 Å². The van der Waals surface area contributed by atoms with Crippen molar-refractivity contribution in [1.29, 1.82) is 0 Å². The molecule has 0 spiro atoms. The van der Waals surface area contributed by atoms with E-state index in [0.717, 1.165) is 13.1 Å². The van der Waals surface area contributed by atoms with Crippen molar-refractivity contribution in [2.45, 2.75) is 27.0 Å². The monoisotopic (exact) mass is 201 g/mol. The Morgan fingerprint density at radius 3 is 2.29 bits per heavy atom. The minimum atomic E-state index is -0.561. The van der Waals surface area contributed by atoms with E-state index in [2.05, 4.69) is 6.58 Å². The topological polar surface area (TPSA) is 49.8 Å². The molecule has 1 N–H and O–H groups in total. The van der Waals surface area contributed by atoms with Crippen LogP contribution < -0.4 is 0 Å². The first-order valence-electron chi connectivity index (χ1n) is 4.78. The minimum Gasteiger partial charge on any atom is -0.440 e. The lowest BCUT2D eigenvalue weighted by Gasteiger charge is -2.27. The van der Waals surface area contributed by atoms with Gasteiger partial charge >= 0.3 is 5.97 Å². The van der Waals surface area contributed by atoms with Crippen LogP contribution in [0.25, 0.3) is 0 Å². The number of nitrogens with zero attached hydrogens (tertiary/aromatic N) is 1. The van der Waals surface area contributed by atoms with Gasteiger partial charge in [0.05, 0.1) is 6.61 Å². The van der Waals surface area contributed by atoms with Gasteiger partial charge in [-0.1, -0.05) is 20.4 Å². The smallest absolute Gasteiger partial charge is 0.334 e. The van der Waals surface area contributed by atoms with Crippen molar-refractivity contribution in [3.63, 3.8) is 0 Å². The molecule has 0 saturated heterocycles. The molecule has 1 atom stereocenters. The van der Waals surface area contributed by atoms with Crippen LogP contribution in [0.1, 0.15) is 20.8 Å². The van der Waals surface area contributed by atoms with E-state index in [0.29, 0.717) is 5.57 Å². The Morgan fingerprint density at radius 1 is 1.50 bits per heavy atom. The predicted molar refractivity (Wildman–Crippen MR) is 54.7 cm³/mol. The quantitative estimate of drug-likeness (QED) is 0.392. The van der Waals surface area contributed by atoms with Crippen molar-refractivity contribution in [2.24, 2.45) is 0 Å². The van der Waals surface area contributed by atoms with Crippen LogP contribution in [-0.2, 0) is 9.53 Å². The maximum atomic E-state index is 11.2. The summed E-state index contributed by atoms with van der Waals surface area (Å²) in [6.07, 6.45) is -0.561. The zero-order chi connectivity index (χ0) is 11.1. The first-order chi connectivity index (χ1) is 6.56. The molecule has 0 rings (SSSR count). The van der Waals surface area contributed by atoms with Gasteiger partial charge in [0.1, 0.15) is 0 Å². The number of carbonyl (C=O) groups excluding carboxylic acids is 1. The van der Waals surface area contributed by atoms with E-state index in [9.17, 15) is 4.79 Å². The Labute approximate surface area is 85.2 Å². The summed E-state index contributed by atoms with van der Waals surface area (Å²) in [6.45, 7) is 10.2. The third-order valence-electron chi connectivity index (χ3n) is 1.97. The number of ether oxygens (including phenoxy) is 1. The molecule has 0 saturated carbocycles. The van der Waals surface area contributed by atoms with Gasteiger partial charge in [-0.25, -0.2) is 4.79 Å². The first-order valence-corrected chi connectivity index (χ1v) is 4.78. The number of carbonyl (C=O) groups is 1. The third-order valence-corrected chi connectivity index (χ3v) is 1.97. The Hall–Kier alpha value is -0.870. The van der Waals surface area contributed by atoms with Gasteiger partial charge in [-0.15, -0.1) is 0 Å². The Kier molecular flexibility index (Phi) is 6.16. The van der Waals surface area contributed by atoms with E-state index in [1.807, 2.05) is 18.7 Å². The molecule has 0 amide bonds. The number of rotatable bonds is 6. The first kappa shape index (κ1) is 13.1.